The maximum absolute atomic E-state index is 11.2. The molecule has 2 atom stereocenters. The van der Waals surface area contributed by atoms with Crippen molar-refractivity contribution >= 4 is 46.1 Å². The van der Waals surface area contributed by atoms with Gasteiger partial charge in [0.1, 0.15) is 17.4 Å². The first-order chi connectivity index (χ1) is 18.3. The second-order valence-corrected chi connectivity index (χ2v) is 10.6. The van der Waals surface area contributed by atoms with Gasteiger partial charge in [-0.3, -0.25) is 4.79 Å². The van der Waals surface area contributed by atoms with Crippen LogP contribution in [0.2, 0.25) is 10.0 Å². The Kier molecular flexibility index (Phi) is 9.08. The number of rotatable bonds is 7. The number of amides is 1. The highest BCUT2D eigenvalue weighted by atomic mass is 35.5. The number of hydrogen-bond donors (Lipinski definition) is 1. The number of nitrogens with two attached hydrogens (primary N) is 1. The summed E-state index contributed by atoms with van der Waals surface area (Å²) in [6.07, 6.45) is 4.49. The van der Waals surface area contributed by atoms with Crippen LogP contribution in [-0.4, -0.2) is 63.3 Å². The van der Waals surface area contributed by atoms with Gasteiger partial charge < -0.3 is 15.5 Å². The van der Waals surface area contributed by atoms with Gasteiger partial charge in [-0.15, -0.1) is 0 Å². The van der Waals surface area contributed by atoms with Gasteiger partial charge in [-0.2, -0.15) is 10.4 Å². The topological polar surface area (TPSA) is 117 Å². The highest BCUT2D eigenvalue weighted by Gasteiger charge is 2.36. The number of nitrogens with zero attached hydrogens (tertiary/aromatic N) is 7. The minimum atomic E-state index is -0.262. The number of anilines is 1. The van der Waals surface area contributed by atoms with Crippen molar-refractivity contribution in [2.24, 2.45) is 17.6 Å². The van der Waals surface area contributed by atoms with Gasteiger partial charge in [0.15, 0.2) is 11.3 Å². The summed E-state index contributed by atoms with van der Waals surface area (Å²) in [4.78, 5) is 25.2. The fourth-order valence-electron chi connectivity index (χ4n) is 5.31. The lowest BCUT2D eigenvalue weighted by Gasteiger charge is -2.47. The quantitative estimate of drug-likeness (QED) is 0.449. The Morgan fingerprint density at radius 3 is 2.68 bits per heavy atom. The fraction of sp³-hybridized carbons (Fsp3) is 0.519. The van der Waals surface area contributed by atoms with Crippen molar-refractivity contribution in [3.63, 3.8) is 0 Å². The molecule has 11 heteroatoms. The summed E-state index contributed by atoms with van der Waals surface area (Å²) in [5.74, 6) is 1.71. The molecule has 202 valence electrons. The summed E-state index contributed by atoms with van der Waals surface area (Å²) in [5, 5.41) is 15.2. The molecule has 2 N–H and O–H groups in total. The first kappa shape index (κ1) is 28.1. The summed E-state index contributed by atoms with van der Waals surface area (Å²) in [7, 11) is 0. The molecule has 2 aliphatic rings. The Labute approximate surface area is 233 Å². The molecule has 2 fully saturated rings. The molecule has 5 rings (SSSR count). The van der Waals surface area contributed by atoms with Crippen molar-refractivity contribution in [3.8, 4) is 6.07 Å². The van der Waals surface area contributed by atoms with Crippen molar-refractivity contribution in [2.45, 2.75) is 46.1 Å². The normalized spacial score (nSPS) is 18.8. The monoisotopic (exact) mass is 556 g/mol. The predicted octanol–water partition coefficient (Wildman–Crippen LogP) is 4.66. The molecule has 3 aromatic rings. The highest BCUT2D eigenvalue weighted by Crippen LogP contribution is 2.35. The van der Waals surface area contributed by atoms with Crippen LogP contribution in [0.15, 0.2) is 24.4 Å². The Morgan fingerprint density at radius 1 is 1.24 bits per heavy atom. The Bertz CT molecular complexity index is 1330. The molecule has 0 aliphatic carbocycles. The standard InChI is InChI=1S/C25H28Cl2N8O.C2H6/c1-15(19-5-4-18(26)9-20(19)27)35-25-24(21(10-28)32-35)30-11-23(31-25)34-13-17(14-34)16-3-2-7-33(12-16)8-6-22(29)36;1-2/h4-5,9,11,15-17H,2-3,6-8,12-14H2,1H3,(H2,29,36);1-2H3. The van der Waals surface area contributed by atoms with Crippen molar-refractivity contribution in [2.75, 3.05) is 37.6 Å². The van der Waals surface area contributed by atoms with Gasteiger partial charge >= 0.3 is 0 Å². The molecule has 2 unspecified atom stereocenters. The Morgan fingerprint density at radius 2 is 2.00 bits per heavy atom. The Hall–Kier alpha value is -2.93. The van der Waals surface area contributed by atoms with Crippen LogP contribution in [0.25, 0.3) is 11.2 Å². The lowest BCUT2D eigenvalue weighted by atomic mass is 9.80. The number of benzene rings is 1. The smallest absolute Gasteiger partial charge is 0.218 e. The lowest BCUT2D eigenvalue weighted by molar-refractivity contribution is -0.118. The number of aromatic nitrogens is 4. The largest absolute Gasteiger partial charge is 0.370 e. The number of halogens is 2. The Balaban J connectivity index is 0.00000164. The van der Waals surface area contributed by atoms with Gasteiger partial charge in [-0.1, -0.05) is 43.1 Å². The number of primary amides is 1. The van der Waals surface area contributed by atoms with E-state index in [4.69, 9.17) is 33.9 Å². The highest BCUT2D eigenvalue weighted by molar-refractivity contribution is 6.35. The van der Waals surface area contributed by atoms with Crippen LogP contribution >= 0.6 is 23.2 Å². The van der Waals surface area contributed by atoms with E-state index < -0.39 is 0 Å². The van der Waals surface area contributed by atoms with E-state index in [1.807, 2.05) is 26.8 Å². The van der Waals surface area contributed by atoms with Crippen molar-refractivity contribution in [1.82, 2.24) is 24.6 Å². The number of hydrogen-bond acceptors (Lipinski definition) is 7. The van der Waals surface area contributed by atoms with Gasteiger partial charge in [0.25, 0.3) is 0 Å². The average molecular weight is 558 g/mol. The predicted molar refractivity (Wildman–Crippen MR) is 150 cm³/mol. The molecule has 0 spiro atoms. The zero-order valence-electron chi connectivity index (χ0n) is 22.1. The van der Waals surface area contributed by atoms with Crippen LogP contribution in [0.4, 0.5) is 5.82 Å². The SMILES string of the molecule is CC.CC(c1ccc(Cl)cc1Cl)n1nc(C#N)c2ncc(N3CC(C4CCCN(CCC(N)=O)C4)C3)nc21. The molecule has 0 bridgehead atoms. The lowest BCUT2D eigenvalue weighted by Crippen LogP contribution is -2.54. The van der Waals surface area contributed by atoms with E-state index in [-0.39, 0.29) is 17.6 Å². The number of nitriles is 1. The molecular formula is C27H34Cl2N8O. The van der Waals surface area contributed by atoms with Crippen LogP contribution in [0.3, 0.4) is 0 Å². The molecule has 9 nitrogen and oxygen atoms in total. The third kappa shape index (κ3) is 5.88. The average Bonchev–Trinajstić information content (AvgIpc) is 3.26. The van der Waals surface area contributed by atoms with E-state index in [2.05, 4.69) is 26.0 Å². The van der Waals surface area contributed by atoms with Gasteiger partial charge in [-0.25, -0.2) is 14.6 Å². The molecular weight excluding hydrogens is 523 g/mol. The molecule has 38 heavy (non-hydrogen) atoms. The molecule has 2 aliphatic heterocycles. The van der Waals surface area contributed by atoms with Gasteiger partial charge in [0.05, 0.1) is 12.2 Å². The minimum Gasteiger partial charge on any atom is -0.370 e. The van der Waals surface area contributed by atoms with Crippen LogP contribution in [0, 0.1) is 23.2 Å². The second kappa shape index (κ2) is 12.3. The zero-order chi connectivity index (χ0) is 27.4. The number of likely N-dealkylation sites (tertiary alicyclic amines) is 1. The van der Waals surface area contributed by atoms with Gasteiger partial charge in [0, 0.05) is 42.6 Å². The third-order valence-electron chi connectivity index (χ3n) is 7.39. The number of carbonyl (C=O) groups is 1. The van der Waals surface area contributed by atoms with Gasteiger partial charge in [0.2, 0.25) is 5.91 Å². The van der Waals surface area contributed by atoms with Crippen molar-refractivity contribution in [3.05, 3.63) is 45.7 Å². The molecule has 4 heterocycles. The summed E-state index contributed by atoms with van der Waals surface area (Å²) < 4.78 is 1.72. The van der Waals surface area contributed by atoms with E-state index in [0.717, 1.165) is 50.5 Å². The van der Waals surface area contributed by atoms with E-state index in [9.17, 15) is 10.1 Å². The number of carbonyl (C=O) groups excluding carboxylic acids is 1. The summed E-state index contributed by atoms with van der Waals surface area (Å²) in [6, 6.07) is 7.22. The maximum atomic E-state index is 11.2. The van der Waals surface area contributed by atoms with E-state index in [1.165, 1.54) is 6.42 Å². The summed E-state index contributed by atoms with van der Waals surface area (Å²) >= 11 is 12.5. The minimum absolute atomic E-state index is 0.237. The third-order valence-corrected chi connectivity index (χ3v) is 7.96. The molecule has 2 saturated heterocycles. The zero-order valence-corrected chi connectivity index (χ0v) is 23.6. The first-order valence-corrected chi connectivity index (χ1v) is 14.0. The number of fused-ring (bicyclic) bond motifs is 1. The molecule has 2 aromatic heterocycles. The summed E-state index contributed by atoms with van der Waals surface area (Å²) in [5.41, 5.74) is 7.44. The maximum Gasteiger partial charge on any atom is 0.218 e. The first-order valence-electron chi connectivity index (χ1n) is 13.2. The van der Waals surface area contributed by atoms with Gasteiger partial charge in [-0.05, 0) is 55.8 Å². The van der Waals surface area contributed by atoms with Crippen LogP contribution < -0.4 is 10.6 Å². The molecule has 0 saturated carbocycles. The molecule has 1 amide bonds. The summed E-state index contributed by atoms with van der Waals surface area (Å²) in [6.45, 7) is 10.6. The molecule has 1 aromatic carbocycles. The molecule has 0 radical (unpaired) electrons. The van der Waals surface area contributed by atoms with Crippen molar-refractivity contribution < 1.29 is 4.79 Å². The van der Waals surface area contributed by atoms with E-state index >= 15 is 0 Å². The van der Waals surface area contributed by atoms with Crippen LogP contribution in [0.5, 0.6) is 0 Å². The number of piperidine rings is 1. The van der Waals surface area contributed by atoms with Crippen LogP contribution in [0.1, 0.15) is 57.3 Å². The van der Waals surface area contributed by atoms with E-state index in [0.29, 0.717) is 39.5 Å². The van der Waals surface area contributed by atoms with Crippen molar-refractivity contribution in [1.29, 1.82) is 5.26 Å². The second-order valence-electron chi connectivity index (χ2n) is 9.73. The van der Waals surface area contributed by atoms with Crippen LogP contribution in [-0.2, 0) is 4.79 Å². The fourth-order valence-corrected chi connectivity index (χ4v) is 5.88. The van der Waals surface area contributed by atoms with E-state index in [1.54, 1.807) is 23.0 Å².